The van der Waals surface area contributed by atoms with Crippen LogP contribution in [0.5, 0.6) is 0 Å². The van der Waals surface area contributed by atoms with Gasteiger partial charge in [0.15, 0.2) is 0 Å². The largest absolute Gasteiger partial charge is 0.481 e. The highest BCUT2D eigenvalue weighted by Gasteiger charge is 2.26. The van der Waals surface area contributed by atoms with Crippen LogP contribution in [-0.2, 0) is 11.2 Å². The van der Waals surface area contributed by atoms with Gasteiger partial charge in [0.05, 0.1) is 10.9 Å². The highest BCUT2D eigenvalue weighted by molar-refractivity contribution is 6.31. The van der Waals surface area contributed by atoms with Crippen LogP contribution in [0.4, 0.5) is 0 Å². The minimum atomic E-state index is -0.808. The monoisotopic (exact) mass is 242 g/mol. The van der Waals surface area contributed by atoms with Crippen LogP contribution in [0.2, 0.25) is 5.02 Å². The summed E-state index contributed by atoms with van der Waals surface area (Å²) in [5.74, 6) is 0.734. The topological polar surface area (TPSA) is 50.4 Å². The number of furan rings is 1. The van der Waals surface area contributed by atoms with Crippen molar-refractivity contribution in [2.24, 2.45) is 5.92 Å². The maximum absolute atomic E-state index is 10.7. The fourth-order valence-electron chi connectivity index (χ4n) is 1.87. The number of hydrogen-bond acceptors (Lipinski definition) is 2. The van der Waals surface area contributed by atoms with Gasteiger partial charge >= 0.3 is 5.97 Å². The molecule has 0 aliphatic heterocycles. The lowest BCUT2D eigenvalue weighted by molar-refractivity contribution is -0.141. The van der Waals surface area contributed by atoms with Crippen LogP contribution >= 0.6 is 11.6 Å². The molecule has 1 aromatic rings. The van der Waals surface area contributed by atoms with Crippen LogP contribution in [0, 0.1) is 5.92 Å². The summed E-state index contributed by atoms with van der Waals surface area (Å²) in [6.45, 7) is 1.67. The van der Waals surface area contributed by atoms with E-state index >= 15 is 0 Å². The van der Waals surface area contributed by atoms with E-state index in [2.05, 4.69) is 0 Å². The fraction of sp³-hybridized carbons (Fsp3) is 0.583. The molecule has 1 fully saturated rings. The minimum absolute atomic E-state index is 0.405. The highest BCUT2D eigenvalue weighted by atomic mass is 35.5. The van der Waals surface area contributed by atoms with Crippen molar-refractivity contribution in [3.8, 4) is 0 Å². The quantitative estimate of drug-likeness (QED) is 0.880. The first-order valence-electron chi connectivity index (χ1n) is 5.59. The Morgan fingerprint density at radius 2 is 2.38 bits per heavy atom. The Labute approximate surface area is 99.4 Å². The van der Waals surface area contributed by atoms with Crippen molar-refractivity contribution in [1.82, 2.24) is 0 Å². The van der Waals surface area contributed by atoms with Crippen LogP contribution in [-0.4, -0.2) is 11.1 Å². The third kappa shape index (κ3) is 2.24. The maximum Gasteiger partial charge on any atom is 0.306 e. The molecule has 0 bridgehead atoms. The molecule has 1 aliphatic rings. The fourth-order valence-corrected chi connectivity index (χ4v) is 2.18. The van der Waals surface area contributed by atoms with Gasteiger partial charge in [0.2, 0.25) is 0 Å². The summed E-state index contributed by atoms with van der Waals surface area (Å²) in [6, 6.07) is 1.76. The Hall–Kier alpha value is -0.960. The summed E-state index contributed by atoms with van der Waals surface area (Å²) in [5.41, 5.74) is 0. The molecule has 16 heavy (non-hydrogen) atoms. The second-order valence-electron chi connectivity index (χ2n) is 4.50. The van der Waals surface area contributed by atoms with Crippen molar-refractivity contribution in [2.75, 3.05) is 0 Å². The molecular formula is C12H15ClO3. The molecule has 1 unspecified atom stereocenters. The lowest BCUT2D eigenvalue weighted by atomic mass is 9.84. The molecule has 1 N–H and O–H groups in total. The van der Waals surface area contributed by atoms with Gasteiger partial charge in [-0.05, 0) is 18.9 Å². The van der Waals surface area contributed by atoms with Crippen LogP contribution in [0.1, 0.15) is 43.6 Å². The molecule has 0 spiro atoms. The van der Waals surface area contributed by atoms with E-state index in [0.29, 0.717) is 23.1 Å². The average molecular weight is 243 g/mol. The Kier molecular flexibility index (Phi) is 3.24. The minimum Gasteiger partial charge on any atom is -0.481 e. The van der Waals surface area contributed by atoms with E-state index in [9.17, 15) is 4.79 Å². The van der Waals surface area contributed by atoms with Crippen molar-refractivity contribution in [3.63, 3.8) is 0 Å². The number of aliphatic carboxylic acids is 1. The number of carboxylic acids is 1. The van der Waals surface area contributed by atoms with Crippen molar-refractivity contribution in [3.05, 3.63) is 22.6 Å². The van der Waals surface area contributed by atoms with Crippen LogP contribution in [0.15, 0.2) is 10.5 Å². The van der Waals surface area contributed by atoms with Crippen LogP contribution in [0.3, 0.4) is 0 Å². The predicted molar refractivity (Wildman–Crippen MR) is 60.8 cm³/mol. The Morgan fingerprint density at radius 3 is 2.88 bits per heavy atom. The van der Waals surface area contributed by atoms with Gasteiger partial charge in [-0.3, -0.25) is 4.79 Å². The van der Waals surface area contributed by atoms with Gasteiger partial charge in [-0.2, -0.15) is 0 Å². The summed E-state index contributed by atoms with van der Waals surface area (Å²) in [6.07, 6.45) is 3.88. The van der Waals surface area contributed by atoms with Crippen LogP contribution in [0.25, 0.3) is 0 Å². The number of rotatable bonds is 4. The zero-order valence-corrected chi connectivity index (χ0v) is 9.96. The molecule has 0 amide bonds. The molecule has 1 heterocycles. The molecule has 0 radical (unpaired) electrons. The molecule has 1 atom stereocenters. The van der Waals surface area contributed by atoms with Gasteiger partial charge in [0.25, 0.3) is 0 Å². The van der Waals surface area contributed by atoms with Gasteiger partial charge < -0.3 is 9.52 Å². The molecule has 2 rings (SSSR count). The number of halogens is 1. The smallest absolute Gasteiger partial charge is 0.306 e. The number of carboxylic acid groups (broad SMARTS) is 1. The molecule has 1 saturated carbocycles. The van der Waals surface area contributed by atoms with E-state index in [1.54, 1.807) is 13.0 Å². The molecule has 1 aromatic heterocycles. The predicted octanol–water partition coefficient (Wildman–Crippen LogP) is 3.46. The third-order valence-corrected chi connectivity index (χ3v) is 3.46. The molecule has 88 valence electrons. The summed E-state index contributed by atoms with van der Waals surface area (Å²) in [5, 5.41) is 9.46. The lowest BCUT2D eigenvalue weighted by Gasteiger charge is -2.23. The summed E-state index contributed by atoms with van der Waals surface area (Å²) < 4.78 is 5.64. The summed E-state index contributed by atoms with van der Waals surface area (Å²) >= 11 is 6.07. The van der Waals surface area contributed by atoms with E-state index in [0.717, 1.165) is 18.6 Å². The lowest BCUT2D eigenvalue weighted by Crippen LogP contribution is -2.11. The summed E-state index contributed by atoms with van der Waals surface area (Å²) in [4.78, 5) is 10.7. The third-order valence-electron chi connectivity index (χ3n) is 3.17. The Balaban J connectivity index is 2.08. The van der Waals surface area contributed by atoms with E-state index in [1.807, 2.05) is 0 Å². The number of hydrogen-bond donors (Lipinski definition) is 1. The van der Waals surface area contributed by atoms with Gasteiger partial charge in [0.1, 0.15) is 11.5 Å². The van der Waals surface area contributed by atoms with Gasteiger partial charge in [-0.1, -0.05) is 24.9 Å². The molecule has 4 heteroatoms. The Morgan fingerprint density at radius 1 is 1.69 bits per heavy atom. The first kappa shape index (κ1) is 11.5. The first-order chi connectivity index (χ1) is 7.58. The van der Waals surface area contributed by atoms with Gasteiger partial charge in [0, 0.05) is 12.3 Å². The SMILES string of the molecule is CC(Cc1cc(Cl)c(C2CCC2)o1)C(=O)O. The van der Waals surface area contributed by atoms with E-state index in [4.69, 9.17) is 21.1 Å². The van der Waals surface area contributed by atoms with E-state index in [-0.39, 0.29) is 0 Å². The maximum atomic E-state index is 10.7. The molecule has 1 aliphatic carbocycles. The second kappa shape index (κ2) is 4.50. The van der Waals surface area contributed by atoms with Crippen LogP contribution < -0.4 is 0 Å². The van der Waals surface area contributed by atoms with E-state index < -0.39 is 11.9 Å². The zero-order valence-electron chi connectivity index (χ0n) is 9.20. The molecule has 0 aromatic carbocycles. The molecular weight excluding hydrogens is 228 g/mol. The standard InChI is InChI=1S/C12H15ClO3/c1-7(12(14)15)5-9-6-10(13)11(16-9)8-3-2-4-8/h6-8H,2-5H2,1H3,(H,14,15). The van der Waals surface area contributed by atoms with Gasteiger partial charge in [-0.15, -0.1) is 0 Å². The van der Waals surface area contributed by atoms with Crippen molar-refractivity contribution in [2.45, 2.75) is 38.5 Å². The second-order valence-corrected chi connectivity index (χ2v) is 4.90. The van der Waals surface area contributed by atoms with Crippen molar-refractivity contribution < 1.29 is 14.3 Å². The first-order valence-corrected chi connectivity index (χ1v) is 5.96. The van der Waals surface area contributed by atoms with Gasteiger partial charge in [-0.25, -0.2) is 0 Å². The molecule has 0 saturated heterocycles. The molecule has 3 nitrogen and oxygen atoms in total. The number of carbonyl (C=O) groups is 1. The normalized spacial score (nSPS) is 18.1. The van der Waals surface area contributed by atoms with E-state index in [1.165, 1.54) is 6.42 Å². The van der Waals surface area contributed by atoms with Crippen molar-refractivity contribution in [1.29, 1.82) is 0 Å². The van der Waals surface area contributed by atoms with Crippen molar-refractivity contribution >= 4 is 17.6 Å². The summed E-state index contributed by atoms with van der Waals surface area (Å²) in [7, 11) is 0. The zero-order chi connectivity index (χ0) is 11.7. The average Bonchev–Trinajstić information content (AvgIpc) is 2.44. The Bertz CT molecular complexity index is 393. The highest BCUT2D eigenvalue weighted by Crippen LogP contribution is 2.41.